The van der Waals surface area contributed by atoms with E-state index >= 15 is 0 Å². The van der Waals surface area contributed by atoms with E-state index in [1.54, 1.807) is 4.52 Å². The zero-order chi connectivity index (χ0) is 9.26. The molecule has 0 aromatic carbocycles. The van der Waals surface area contributed by atoms with Crippen LogP contribution in [0.3, 0.4) is 0 Å². The number of fused-ring (bicyclic) bond motifs is 1. The molecule has 68 valence electrons. The fraction of sp³-hybridized carbons (Fsp3) is 0.333. The number of halogens is 1. The Morgan fingerprint density at radius 3 is 3.15 bits per heavy atom. The van der Waals surface area contributed by atoms with Crippen molar-refractivity contribution >= 4 is 21.6 Å². The lowest BCUT2D eigenvalue weighted by Gasteiger charge is -1.89. The van der Waals surface area contributed by atoms with Gasteiger partial charge in [0.2, 0.25) is 0 Å². The number of rotatable bonds is 2. The van der Waals surface area contributed by atoms with Crippen LogP contribution in [-0.2, 0) is 6.42 Å². The monoisotopic (exact) mass is 239 g/mol. The third-order valence-corrected chi connectivity index (χ3v) is 2.31. The van der Waals surface area contributed by atoms with E-state index in [-0.39, 0.29) is 0 Å². The highest BCUT2D eigenvalue weighted by molar-refractivity contribution is 9.10. The van der Waals surface area contributed by atoms with Crippen molar-refractivity contribution in [2.24, 2.45) is 0 Å². The van der Waals surface area contributed by atoms with Crippen LogP contribution in [0.15, 0.2) is 22.8 Å². The summed E-state index contributed by atoms with van der Waals surface area (Å²) in [6, 6.07) is 3.92. The van der Waals surface area contributed by atoms with E-state index in [9.17, 15) is 0 Å². The number of hydrogen-bond acceptors (Lipinski definition) is 2. The maximum absolute atomic E-state index is 4.39. The summed E-state index contributed by atoms with van der Waals surface area (Å²) < 4.78 is 2.84. The Kier molecular flexibility index (Phi) is 2.31. The van der Waals surface area contributed by atoms with Crippen LogP contribution in [0.5, 0.6) is 0 Å². The van der Waals surface area contributed by atoms with Gasteiger partial charge in [0.25, 0.3) is 0 Å². The van der Waals surface area contributed by atoms with Crippen LogP contribution < -0.4 is 0 Å². The molecule has 4 heteroatoms. The van der Waals surface area contributed by atoms with Crippen molar-refractivity contribution in [1.29, 1.82) is 0 Å². The van der Waals surface area contributed by atoms with Gasteiger partial charge in [0.05, 0.1) is 0 Å². The Bertz CT molecular complexity index is 422. The summed E-state index contributed by atoms with van der Waals surface area (Å²) in [7, 11) is 0. The SMILES string of the molecule is CCCc1nc2cc(Br)ccn2n1. The molecule has 0 unspecified atom stereocenters. The maximum Gasteiger partial charge on any atom is 0.156 e. The molecule has 0 amide bonds. The second-order valence-electron chi connectivity index (χ2n) is 2.93. The summed E-state index contributed by atoms with van der Waals surface area (Å²) in [5.41, 5.74) is 0.901. The molecule has 0 N–H and O–H groups in total. The molecule has 0 aliphatic rings. The van der Waals surface area contributed by atoms with E-state index in [4.69, 9.17) is 0 Å². The average Bonchev–Trinajstić information content (AvgIpc) is 2.46. The lowest BCUT2D eigenvalue weighted by atomic mass is 10.3. The molecule has 0 bridgehead atoms. The molecule has 3 nitrogen and oxygen atoms in total. The van der Waals surface area contributed by atoms with E-state index in [1.807, 2.05) is 18.3 Å². The highest BCUT2D eigenvalue weighted by Crippen LogP contribution is 2.11. The topological polar surface area (TPSA) is 30.2 Å². The molecule has 2 aromatic rings. The quantitative estimate of drug-likeness (QED) is 0.806. The van der Waals surface area contributed by atoms with Crippen LogP contribution in [0.2, 0.25) is 0 Å². The Morgan fingerprint density at radius 2 is 2.38 bits per heavy atom. The normalized spacial score (nSPS) is 10.9. The summed E-state index contributed by atoms with van der Waals surface area (Å²) in [4.78, 5) is 4.39. The number of pyridine rings is 1. The standard InChI is InChI=1S/C9H10BrN3/c1-2-3-8-11-9-6-7(10)4-5-13(9)12-8/h4-6H,2-3H2,1H3. The van der Waals surface area contributed by atoms with Gasteiger partial charge in [-0.1, -0.05) is 22.9 Å². The van der Waals surface area contributed by atoms with Gasteiger partial charge < -0.3 is 0 Å². The number of aromatic nitrogens is 3. The van der Waals surface area contributed by atoms with Gasteiger partial charge in [-0.15, -0.1) is 0 Å². The van der Waals surface area contributed by atoms with Gasteiger partial charge in [-0.3, -0.25) is 0 Å². The second kappa shape index (κ2) is 3.46. The molecule has 2 rings (SSSR count). The number of aryl methyl sites for hydroxylation is 1. The van der Waals surface area contributed by atoms with Crippen LogP contribution in [0.1, 0.15) is 19.2 Å². The van der Waals surface area contributed by atoms with E-state index in [0.717, 1.165) is 28.8 Å². The van der Waals surface area contributed by atoms with Gasteiger partial charge in [0.1, 0.15) is 0 Å². The predicted octanol–water partition coefficient (Wildman–Crippen LogP) is 2.44. The van der Waals surface area contributed by atoms with Gasteiger partial charge in [0.15, 0.2) is 11.5 Å². The highest BCUT2D eigenvalue weighted by atomic mass is 79.9. The highest BCUT2D eigenvalue weighted by Gasteiger charge is 2.01. The van der Waals surface area contributed by atoms with Gasteiger partial charge >= 0.3 is 0 Å². The smallest absolute Gasteiger partial charge is 0.156 e. The minimum absolute atomic E-state index is 0.901. The molecule has 0 aliphatic heterocycles. The molecule has 0 atom stereocenters. The van der Waals surface area contributed by atoms with E-state index < -0.39 is 0 Å². The average molecular weight is 240 g/mol. The van der Waals surface area contributed by atoms with Crippen LogP contribution in [0, 0.1) is 0 Å². The fourth-order valence-corrected chi connectivity index (χ4v) is 1.56. The largest absolute Gasteiger partial charge is 0.221 e. The predicted molar refractivity (Wildman–Crippen MR) is 54.7 cm³/mol. The zero-order valence-electron chi connectivity index (χ0n) is 7.37. The van der Waals surface area contributed by atoms with Gasteiger partial charge in [-0.2, -0.15) is 5.10 Å². The van der Waals surface area contributed by atoms with Crippen molar-refractivity contribution in [3.63, 3.8) is 0 Å². The summed E-state index contributed by atoms with van der Waals surface area (Å²) >= 11 is 3.40. The third kappa shape index (κ3) is 1.72. The van der Waals surface area contributed by atoms with Crippen LogP contribution >= 0.6 is 15.9 Å². The molecule has 0 fully saturated rings. The molecular formula is C9H10BrN3. The van der Waals surface area contributed by atoms with Gasteiger partial charge in [0, 0.05) is 17.1 Å². The lowest BCUT2D eigenvalue weighted by Crippen LogP contribution is -1.88. The first kappa shape index (κ1) is 8.69. The van der Waals surface area contributed by atoms with E-state index in [2.05, 4.69) is 32.9 Å². The van der Waals surface area contributed by atoms with Gasteiger partial charge in [-0.05, 0) is 18.6 Å². The number of nitrogens with zero attached hydrogens (tertiary/aromatic N) is 3. The van der Waals surface area contributed by atoms with Crippen LogP contribution in [0.4, 0.5) is 0 Å². The number of hydrogen-bond donors (Lipinski definition) is 0. The first-order valence-electron chi connectivity index (χ1n) is 4.30. The molecular weight excluding hydrogens is 230 g/mol. The molecule has 0 saturated heterocycles. The Morgan fingerprint density at radius 1 is 1.54 bits per heavy atom. The first-order valence-corrected chi connectivity index (χ1v) is 5.09. The summed E-state index contributed by atoms with van der Waals surface area (Å²) in [5.74, 6) is 0.917. The summed E-state index contributed by atoms with van der Waals surface area (Å²) in [5, 5.41) is 4.33. The van der Waals surface area contributed by atoms with Crippen molar-refractivity contribution in [2.75, 3.05) is 0 Å². The Labute approximate surface area is 84.9 Å². The molecule has 0 aliphatic carbocycles. The fourth-order valence-electron chi connectivity index (χ4n) is 1.23. The molecule has 0 saturated carbocycles. The first-order chi connectivity index (χ1) is 6.29. The van der Waals surface area contributed by atoms with Crippen molar-refractivity contribution < 1.29 is 0 Å². The molecule has 0 spiro atoms. The van der Waals surface area contributed by atoms with Crippen molar-refractivity contribution in [3.8, 4) is 0 Å². The minimum Gasteiger partial charge on any atom is -0.221 e. The second-order valence-corrected chi connectivity index (χ2v) is 3.84. The molecule has 0 radical (unpaired) electrons. The van der Waals surface area contributed by atoms with Crippen molar-refractivity contribution in [3.05, 3.63) is 28.6 Å². The molecule has 2 heterocycles. The summed E-state index contributed by atoms with van der Waals surface area (Å²) in [6.07, 6.45) is 3.93. The van der Waals surface area contributed by atoms with Crippen LogP contribution in [-0.4, -0.2) is 14.6 Å². The third-order valence-electron chi connectivity index (χ3n) is 1.82. The van der Waals surface area contributed by atoms with Crippen molar-refractivity contribution in [1.82, 2.24) is 14.6 Å². The lowest BCUT2D eigenvalue weighted by molar-refractivity contribution is 0.818. The van der Waals surface area contributed by atoms with E-state index in [1.165, 1.54) is 0 Å². The molecule has 2 aromatic heterocycles. The van der Waals surface area contributed by atoms with Crippen LogP contribution in [0.25, 0.3) is 5.65 Å². The molecule has 13 heavy (non-hydrogen) atoms. The Balaban J connectivity index is 2.49. The van der Waals surface area contributed by atoms with E-state index in [0.29, 0.717) is 0 Å². The van der Waals surface area contributed by atoms with Crippen molar-refractivity contribution in [2.45, 2.75) is 19.8 Å². The Hall–Kier alpha value is -0.900. The summed E-state index contributed by atoms with van der Waals surface area (Å²) in [6.45, 7) is 2.13. The minimum atomic E-state index is 0.901. The van der Waals surface area contributed by atoms with Gasteiger partial charge in [-0.25, -0.2) is 9.50 Å². The zero-order valence-corrected chi connectivity index (χ0v) is 8.95. The maximum atomic E-state index is 4.39.